The Balaban J connectivity index is 1.92. The first-order valence-electron chi connectivity index (χ1n) is 11.3. The van der Waals surface area contributed by atoms with Crippen LogP contribution in [0.2, 0.25) is 0 Å². The summed E-state index contributed by atoms with van der Waals surface area (Å²) >= 11 is 0. The van der Waals surface area contributed by atoms with E-state index in [-0.39, 0.29) is 6.10 Å². The summed E-state index contributed by atoms with van der Waals surface area (Å²) in [7, 11) is 0. The number of likely N-dealkylation sites (N-methyl/N-ethyl adjacent to an activating group) is 1. The average molecular weight is 406 g/mol. The molecule has 0 saturated carbocycles. The maximum Gasteiger partial charge on any atom is 0.411 e. The van der Waals surface area contributed by atoms with Crippen molar-refractivity contribution >= 4 is 11.8 Å². The van der Waals surface area contributed by atoms with E-state index in [0.717, 1.165) is 57.9 Å². The first-order chi connectivity index (χ1) is 14.1. The largest absolute Gasteiger partial charge is 0.494 e. The van der Waals surface area contributed by atoms with E-state index in [1.807, 2.05) is 24.3 Å². The number of nitrogens with one attached hydrogen (secondary N) is 1. The van der Waals surface area contributed by atoms with Crippen molar-refractivity contribution in [2.45, 2.75) is 59.0 Å². The lowest BCUT2D eigenvalue weighted by Crippen LogP contribution is -2.44. The molecule has 1 atom stereocenters. The normalized spacial score (nSPS) is 15.9. The van der Waals surface area contributed by atoms with Gasteiger partial charge in [0.1, 0.15) is 11.9 Å². The zero-order chi connectivity index (χ0) is 20.9. The Labute approximate surface area is 176 Å². The van der Waals surface area contributed by atoms with Crippen molar-refractivity contribution in [3.63, 3.8) is 0 Å². The van der Waals surface area contributed by atoms with Gasteiger partial charge in [0.05, 0.1) is 6.61 Å². The van der Waals surface area contributed by atoms with Crippen LogP contribution >= 0.6 is 0 Å². The van der Waals surface area contributed by atoms with E-state index in [1.54, 1.807) is 0 Å². The number of benzene rings is 1. The molecule has 1 aromatic carbocycles. The Bertz CT molecular complexity index is 586. The number of hydrogen-bond acceptors (Lipinski definition) is 5. The van der Waals surface area contributed by atoms with Crippen molar-refractivity contribution in [2.24, 2.45) is 0 Å². The molecule has 0 bridgehead atoms. The Morgan fingerprint density at radius 3 is 2.62 bits per heavy atom. The molecular weight excluding hydrogens is 366 g/mol. The zero-order valence-corrected chi connectivity index (χ0v) is 18.5. The van der Waals surface area contributed by atoms with Crippen LogP contribution in [-0.2, 0) is 4.74 Å². The highest BCUT2D eigenvalue weighted by Crippen LogP contribution is 2.18. The van der Waals surface area contributed by atoms with E-state index in [1.165, 1.54) is 19.3 Å². The van der Waals surface area contributed by atoms with Gasteiger partial charge in [-0.2, -0.15) is 0 Å². The van der Waals surface area contributed by atoms with Crippen LogP contribution in [0, 0.1) is 0 Å². The summed E-state index contributed by atoms with van der Waals surface area (Å²) in [6, 6.07) is 7.50. The molecule has 6 heteroatoms. The van der Waals surface area contributed by atoms with Crippen LogP contribution in [0.3, 0.4) is 0 Å². The van der Waals surface area contributed by atoms with E-state index in [9.17, 15) is 4.79 Å². The summed E-state index contributed by atoms with van der Waals surface area (Å²) < 4.78 is 11.6. The Kier molecular flexibility index (Phi) is 10.9. The molecule has 164 valence electrons. The summed E-state index contributed by atoms with van der Waals surface area (Å²) in [5, 5.41) is 2.87. The van der Waals surface area contributed by atoms with E-state index in [4.69, 9.17) is 9.47 Å². The van der Waals surface area contributed by atoms with Crippen LogP contribution < -0.4 is 10.1 Å². The number of hydrogen-bond donors (Lipinski definition) is 1. The second-order valence-electron chi connectivity index (χ2n) is 7.73. The molecule has 0 spiro atoms. The fraction of sp³-hybridized carbons (Fsp3) is 0.696. The quantitative estimate of drug-likeness (QED) is 0.515. The molecule has 1 aliphatic heterocycles. The lowest BCUT2D eigenvalue weighted by Gasteiger charge is -2.32. The minimum Gasteiger partial charge on any atom is -0.494 e. The summed E-state index contributed by atoms with van der Waals surface area (Å²) in [4.78, 5) is 17.3. The van der Waals surface area contributed by atoms with Gasteiger partial charge >= 0.3 is 6.09 Å². The first-order valence-corrected chi connectivity index (χ1v) is 11.3. The number of likely N-dealkylation sites (tertiary alicyclic amines) is 1. The molecule has 1 unspecified atom stereocenters. The monoisotopic (exact) mass is 405 g/mol. The van der Waals surface area contributed by atoms with Gasteiger partial charge in [0, 0.05) is 24.8 Å². The standard InChI is InChI=1S/C23H39N3O3/c1-4-7-16-28-21-13-11-12-20(17-21)24-23(27)29-22(18-25(5-2)6-3)19-26-14-9-8-10-15-26/h11-13,17,22H,4-10,14-16,18-19H2,1-3H3,(H,24,27). The second kappa shape index (κ2) is 13.4. The number of anilines is 1. The number of ether oxygens (including phenoxy) is 2. The van der Waals surface area contributed by atoms with E-state index in [0.29, 0.717) is 12.3 Å². The van der Waals surface area contributed by atoms with Crippen LogP contribution in [0.4, 0.5) is 10.5 Å². The molecule has 1 amide bonds. The van der Waals surface area contributed by atoms with E-state index in [2.05, 4.69) is 35.9 Å². The van der Waals surface area contributed by atoms with Gasteiger partial charge in [-0.3, -0.25) is 10.2 Å². The second-order valence-corrected chi connectivity index (χ2v) is 7.73. The summed E-state index contributed by atoms with van der Waals surface area (Å²) in [5.74, 6) is 0.768. The van der Waals surface area contributed by atoms with Crippen LogP contribution in [-0.4, -0.2) is 67.9 Å². The van der Waals surface area contributed by atoms with Gasteiger partial charge in [0.15, 0.2) is 0 Å². The third-order valence-corrected chi connectivity index (χ3v) is 5.39. The highest BCUT2D eigenvalue weighted by Gasteiger charge is 2.22. The van der Waals surface area contributed by atoms with Crippen molar-refractivity contribution in [3.05, 3.63) is 24.3 Å². The molecule has 29 heavy (non-hydrogen) atoms. The minimum atomic E-state index is -0.398. The van der Waals surface area contributed by atoms with E-state index >= 15 is 0 Å². The molecule has 0 radical (unpaired) electrons. The number of carbonyl (C=O) groups is 1. The minimum absolute atomic E-state index is 0.142. The molecule has 0 aliphatic carbocycles. The highest BCUT2D eigenvalue weighted by molar-refractivity contribution is 5.85. The van der Waals surface area contributed by atoms with Crippen LogP contribution in [0.1, 0.15) is 52.9 Å². The van der Waals surface area contributed by atoms with Gasteiger partial charge in [-0.1, -0.05) is 39.7 Å². The molecule has 1 heterocycles. The summed E-state index contributed by atoms with van der Waals surface area (Å²) in [6.45, 7) is 12.8. The fourth-order valence-electron chi connectivity index (χ4n) is 3.63. The number of unbranched alkanes of at least 4 members (excludes halogenated alkanes) is 1. The topological polar surface area (TPSA) is 54.0 Å². The molecular formula is C23H39N3O3. The molecule has 2 rings (SSSR count). The SMILES string of the molecule is CCCCOc1cccc(NC(=O)OC(CN(CC)CC)CN2CCCCC2)c1. The predicted molar refractivity (Wildman–Crippen MR) is 119 cm³/mol. The smallest absolute Gasteiger partial charge is 0.411 e. The lowest BCUT2D eigenvalue weighted by molar-refractivity contribution is 0.0503. The van der Waals surface area contributed by atoms with E-state index < -0.39 is 6.09 Å². The van der Waals surface area contributed by atoms with Gasteiger partial charge in [0.25, 0.3) is 0 Å². The van der Waals surface area contributed by atoms with Crippen LogP contribution in [0.25, 0.3) is 0 Å². The van der Waals surface area contributed by atoms with Crippen molar-refractivity contribution in [3.8, 4) is 5.75 Å². The van der Waals surface area contributed by atoms with Crippen molar-refractivity contribution in [2.75, 3.05) is 51.2 Å². The van der Waals surface area contributed by atoms with Gasteiger partial charge < -0.3 is 14.4 Å². The zero-order valence-electron chi connectivity index (χ0n) is 18.5. The number of amides is 1. The number of carbonyl (C=O) groups excluding carboxylic acids is 1. The third-order valence-electron chi connectivity index (χ3n) is 5.39. The molecule has 6 nitrogen and oxygen atoms in total. The molecule has 1 fully saturated rings. The number of piperidine rings is 1. The maximum absolute atomic E-state index is 12.6. The van der Waals surface area contributed by atoms with Crippen molar-refractivity contribution in [1.29, 1.82) is 0 Å². The van der Waals surface area contributed by atoms with Crippen LogP contribution in [0.15, 0.2) is 24.3 Å². The van der Waals surface area contributed by atoms with Crippen molar-refractivity contribution in [1.82, 2.24) is 9.80 Å². The van der Waals surface area contributed by atoms with Gasteiger partial charge in [-0.25, -0.2) is 4.79 Å². The van der Waals surface area contributed by atoms with Crippen molar-refractivity contribution < 1.29 is 14.3 Å². The van der Waals surface area contributed by atoms with Crippen LogP contribution in [0.5, 0.6) is 5.75 Å². The predicted octanol–water partition coefficient (Wildman–Crippen LogP) is 4.61. The Morgan fingerprint density at radius 2 is 1.93 bits per heavy atom. The summed E-state index contributed by atoms with van der Waals surface area (Å²) in [5.41, 5.74) is 0.698. The molecule has 1 aromatic rings. The molecule has 1 aliphatic rings. The van der Waals surface area contributed by atoms with Gasteiger partial charge in [0.2, 0.25) is 0 Å². The molecule has 1 N–H and O–H groups in total. The molecule has 0 aromatic heterocycles. The molecule has 1 saturated heterocycles. The van der Waals surface area contributed by atoms with Gasteiger partial charge in [-0.05, 0) is 57.6 Å². The third kappa shape index (κ3) is 9.05. The fourth-order valence-corrected chi connectivity index (χ4v) is 3.63. The first kappa shape index (κ1) is 23.5. The number of rotatable bonds is 12. The Morgan fingerprint density at radius 1 is 1.17 bits per heavy atom. The highest BCUT2D eigenvalue weighted by atomic mass is 16.6. The maximum atomic E-state index is 12.6. The van der Waals surface area contributed by atoms with Gasteiger partial charge in [-0.15, -0.1) is 0 Å². The summed E-state index contributed by atoms with van der Waals surface area (Å²) in [6.07, 6.45) is 5.33. The average Bonchev–Trinajstić information content (AvgIpc) is 2.73. The lowest BCUT2D eigenvalue weighted by atomic mass is 10.1. The number of nitrogens with zero attached hydrogens (tertiary/aromatic N) is 2. The Hall–Kier alpha value is -1.79.